The molecule has 150 valence electrons. The molecule has 1 saturated carbocycles. The topological polar surface area (TPSA) is 59.4 Å². The predicted molar refractivity (Wildman–Crippen MR) is 112 cm³/mol. The lowest BCUT2D eigenvalue weighted by molar-refractivity contribution is -0.142. The highest BCUT2D eigenvalue weighted by Crippen LogP contribution is 2.50. The Balaban J connectivity index is 1.44. The van der Waals surface area contributed by atoms with Gasteiger partial charge in [0.25, 0.3) is 0 Å². The first kappa shape index (κ1) is 19.6. The van der Waals surface area contributed by atoms with Gasteiger partial charge in [-0.1, -0.05) is 36.8 Å². The van der Waals surface area contributed by atoms with E-state index in [1.807, 2.05) is 6.07 Å². The average Bonchev–Trinajstić information content (AvgIpc) is 3.06. The summed E-state index contributed by atoms with van der Waals surface area (Å²) in [6.45, 7) is 5.30. The molecular formula is C21H25ClN2O3S. The van der Waals surface area contributed by atoms with Gasteiger partial charge in [-0.3, -0.25) is 23.9 Å². The summed E-state index contributed by atoms with van der Waals surface area (Å²) in [6, 6.07) is 5.42. The number of rotatable bonds is 4. The number of aryl methyl sites for hydroxylation is 1. The number of nitrogens with zero attached hydrogens (tertiary/aromatic N) is 2. The molecule has 1 aliphatic carbocycles. The van der Waals surface area contributed by atoms with Crippen molar-refractivity contribution in [3.8, 4) is 0 Å². The fourth-order valence-corrected chi connectivity index (χ4v) is 5.58. The first-order valence-corrected chi connectivity index (χ1v) is 11.0. The van der Waals surface area contributed by atoms with E-state index >= 15 is 0 Å². The van der Waals surface area contributed by atoms with Crippen molar-refractivity contribution in [2.45, 2.75) is 58.9 Å². The SMILES string of the molecule is CC1(C)CCC2(CC1)CC(=O)N(CCCn1c(=O)sc3ccc(Cl)cc31)C2=O. The van der Waals surface area contributed by atoms with Crippen molar-refractivity contribution in [2.75, 3.05) is 6.54 Å². The Bertz CT molecular complexity index is 997. The Morgan fingerprint density at radius 2 is 1.79 bits per heavy atom. The zero-order valence-corrected chi connectivity index (χ0v) is 17.9. The first-order chi connectivity index (χ1) is 13.2. The van der Waals surface area contributed by atoms with Gasteiger partial charge in [-0.25, -0.2) is 0 Å². The largest absolute Gasteiger partial charge is 0.308 e. The van der Waals surface area contributed by atoms with Gasteiger partial charge in [-0.05, 0) is 55.7 Å². The number of amides is 2. The highest BCUT2D eigenvalue weighted by molar-refractivity contribution is 7.16. The second kappa shape index (κ2) is 6.99. The summed E-state index contributed by atoms with van der Waals surface area (Å²) in [7, 11) is 0. The van der Waals surface area contributed by atoms with Crippen molar-refractivity contribution in [1.82, 2.24) is 9.47 Å². The van der Waals surface area contributed by atoms with Gasteiger partial charge in [0.15, 0.2) is 0 Å². The van der Waals surface area contributed by atoms with E-state index in [-0.39, 0.29) is 22.1 Å². The van der Waals surface area contributed by atoms with Crippen molar-refractivity contribution in [2.24, 2.45) is 10.8 Å². The van der Waals surface area contributed by atoms with Crippen molar-refractivity contribution < 1.29 is 9.59 Å². The maximum atomic E-state index is 13.0. The van der Waals surface area contributed by atoms with Crippen LogP contribution in [0.25, 0.3) is 10.2 Å². The lowest BCUT2D eigenvalue weighted by atomic mass is 9.64. The Labute approximate surface area is 173 Å². The predicted octanol–water partition coefficient (Wildman–Crippen LogP) is 4.45. The van der Waals surface area contributed by atoms with Crippen LogP contribution in [0.5, 0.6) is 0 Å². The van der Waals surface area contributed by atoms with E-state index < -0.39 is 5.41 Å². The number of benzene rings is 1. The first-order valence-electron chi connectivity index (χ1n) is 9.85. The zero-order chi connectivity index (χ0) is 20.1. The molecule has 5 nitrogen and oxygen atoms in total. The Morgan fingerprint density at radius 1 is 1.07 bits per heavy atom. The zero-order valence-electron chi connectivity index (χ0n) is 16.3. The van der Waals surface area contributed by atoms with Crippen LogP contribution in [0.15, 0.2) is 23.0 Å². The minimum Gasteiger partial charge on any atom is -0.299 e. The minimum absolute atomic E-state index is 0.00133. The number of hydrogen-bond acceptors (Lipinski definition) is 4. The monoisotopic (exact) mass is 420 g/mol. The fourth-order valence-electron chi connectivity index (χ4n) is 4.52. The van der Waals surface area contributed by atoms with Gasteiger partial charge in [0.05, 0.1) is 15.6 Å². The van der Waals surface area contributed by atoms with Gasteiger partial charge in [-0.2, -0.15) is 0 Å². The van der Waals surface area contributed by atoms with E-state index in [4.69, 9.17) is 11.6 Å². The smallest absolute Gasteiger partial charge is 0.299 e. The Hall–Kier alpha value is -1.66. The molecule has 1 aromatic heterocycles. The standard InChI is InChI=1S/C21H25ClN2O3S/c1-20(2)6-8-21(9-7-20)13-17(25)24(18(21)26)11-3-10-23-15-12-14(22)4-5-16(15)28-19(23)27/h4-5,12H,3,6-11,13H2,1-2H3. The highest BCUT2D eigenvalue weighted by Gasteiger charge is 2.53. The van der Waals surface area contributed by atoms with Gasteiger partial charge in [0.1, 0.15) is 0 Å². The summed E-state index contributed by atoms with van der Waals surface area (Å²) in [5, 5.41) is 0.589. The van der Waals surface area contributed by atoms with E-state index in [2.05, 4.69) is 13.8 Å². The highest BCUT2D eigenvalue weighted by atomic mass is 35.5. The summed E-state index contributed by atoms with van der Waals surface area (Å²) in [5.41, 5.74) is 0.587. The number of likely N-dealkylation sites (tertiary alicyclic amines) is 1. The van der Waals surface area contributed by atoms with E-state index in [1.165, 1.54) is 16.2 Å². The molecule has 0 unspecified atom stereocenters. The van der Waals surface area contributed by atoms with Crippen LogP contribution in [-0.2, 0) is 16.1 Å². The lowest BCUT2D eigenvalue weighted by Gasteiger charge is -2.39. The fraction of sp³-hybridized carbons (Fsp3) is 0.571. The average molecular weight is 421 g/mol. The Morgan fingerprint density at radius 3 is 2.50 bits per heavy atom. The molecule has 0 atom stereocenters. The third-order valence-electron chi connectivity index (χ3n) is 6.44. The normalized spacial score (nSPS) is 21.2. The van der Waals surface area contributed by atoms with Gasteiger partial charge in [0.2, 0.25) is 11.8 Å². The molecule has 1 spiro atoms. The molecule has 2 aromatic rings. The van der Waals surface area contributed by atoms with Crippen LogP contribution in [0.3, 0.4) is 0 Å². The second-order valence-electron chi connectivity index (χ2n) is 8.96. The molecule has 2 aliphatic rings. The Kier molecular flexibility index (Phi) is 4.91. The lowest BCUT2D eigenvalue weighted by Crippen LogP contribution is -2.40. The molecule has 2 fully saturated rings. The molecular weight excluding hydrogens is 396 g/mol. The van der Waals surface area contributed by atoms with E-state index in [9.17, 15) is 14.4 Å². The molecule has 7 heteroatoms. The summed E-state index contributed by atoms with van der Waals surface area (Å²) in [5.74, 6) is -0.0613. The quantitative estimate of drug-likeness (QED) is 0.686. The van der Waals surface area contributed by atoms with E-state index in [1.54, 1.807) is 16.7 Å². The number of fused-ring (bicyclic) bond motifs is 1. The maximum absolute atomic E-state index is 13.0. The summed E-state index contributed by atoms with van der Waals surface area (Å²) >= 11 is 7.26. The number of imide groups is 1. The van der Waals surface area contributed by atoms with Crippen LogP contribution in [0.4, 0.5) is 0 Å². The summed E-state index contributed by atoms with van der Waals surface area (Å²) < 4.78 is 2.59. The van der Waals surface area contributed by atoms with Crippen LogP contribution >= 0.6 is 22.9 Å². The molecule has 1 saturated heterocycles. The van der Waals surface area contributed by atoms with Gasteiger partial charge in [-0.15, -0.1) is 0 Å². The number of carbonyl (C=O) groups is 2. The van der Waals surface area contributed by atoms with Crippen LogP contribution in [0, 0.1) is 10.8 Å². The second-order valence-corrected chi connectivity index (χ2v) is 10.4. The third-order valence-corrected chi connectivity index (χ3v) is 7.64. The molecule has 0 N–H and O–H groups in total. The van der Waals surface area contributed by atoms with Crippen molar-refractivity contribution in [1.29, 1.82) is 0 Å². The van der Waals surface area contributed by atoms with Gasteiger partial charge >= 0.3 is 4.87 Å². The summed E-state index contributed by atoms with van der Waals surface area (Å²) in [4.78, 5) is 39.3. The molecule has 2 amide bonds. The van der Waals surface area contributed by atoms with E-state index in [0.717, 1.165) is 35.9 Å². The number of halogens is 1. The van der Waals surface area contributed by atoms with Gasteiger partial charge < -0.3 is 0 Å². The third kappa shape index (κ3) is 3.41. The summed E-state index contributed by atoms with van der Waals surface area (Å²) in [6.07, 6.45) is 4.48. The molecule has 0 radical (unpaired) electrons. The van der Waals surface area contributed by atoms with E-state index in [0.29, 0.717) is 31.0 Å². The van der Waals surface area contributed by atoms with Crippen molar-refractivity contribution >= 4 is 45.0 Å². The molecule has 1 aliphatic heterocycles. The number of thiazole rings is 1. The molecule has 1 aromatic carbocycles. The van der Waals surface area contributed by atoms with Crippen LogP contribution in [0.2, 0.25) is 5.02 Å². The molecule has 0 bridgehead atoms. The van der Waals surface area contributed by atoms with Gasteiger partial charge in [0, 0.05) is 24.5 Å². The van der Waals surface area contributed by atoms with Crippen LogP contribution < -0.4 is 4.87 Å². The molecule has 2 heterocycles. The molecule has 28 heavy (non-hydrogen) atoms. The number of hydrogen-bond donors (Lipinski definition) is 0. The minimum atomic E-state index is -0.480. The number of aromatic nitrogens is 1. The van der Waals surface area contributed by atoms with Crippen molar-refractivity contribution in [3.05, 3.63) is 32.9 Å². The molecule has 4 rings (SSSR count). The maximum Gasteiger partial charge on any atom is 0.308 e. The van der Waals surface area contributed by atoms with Crippen LogP contribution in [-0.4, -0.2) is 27.8 Å². The number of carbonyl (C=O) groups excluding carboxylic acids is 2. The van der Waals surface area contributed by atoms with Crippen molar-refractivity contribution in [3.63, 3.8) is 0 Å². The van der Waals surface area contributed by atoms with Crippen LogP contribution in [0.1, 0.15) is 52.4 Å².